The molecule has 2 rings (SSSR count). The van der Waals surface area contributed by atoms with E-state index in [9.17, 15) is 9.59 Å². The summed E-state index contributed by atoms with van der Waals surface area (Å²) in [5, 5.41) is 8.80. The Morgan fingerprint density at radius 1 is 1.11 bits per heavy atom. The van der Waals surface area contributed by atoms with Crippen molar-refractivity contribution in [2.24, 2.45) is 14.1 Å². The summed E-state index contributed by atoms with van der Waals surface area (Å²) in [6.45, 7) is 5.19. The first-order valence-corrected chi connectivity index (χ1v) is 9.07. The molecule has 0 bridgehead atoms. The monoisotopic (exact) mass is 370 g/mol. The molecule has 0 N–H and O–H groups in total. The van der Waals surface area contributed by atoms with Gasteiger partial charge in [-0.25, -0.2) is 4.79 Å². The predicted molar refractivity (Wildman–Crippen MR) is 104 cm³/mol. The zero-order valence-electron chi connectivity index (χ0n) is 16.1. The molecule has 0 saturated carbocycles. The fraction of sp³-hybridized carbons (Fsp3) is 0.450. The maximum atomic E-state index is 12.0. The first-order valence-electron chi connectivity index (χ1n) is 9.07. The Morgan fingerprint density at radius 2 is 1.81 bits per heavy atom. The zero-order chi connectivity index (χ0) is 19.8. The SMILES string of the molecule is CCN(CCCc1cc(=O)n(C)c(=O)n1C)CCOc1ccc(C#N)cc1. The minimum absolute atomic E-state index is 0.267. The van der Waals surface area contributed by atoms with Crippen LogP contribution in [0.4, 0.5) is 0 Å². The summed E-state index contributed by atoms with van der Waals surface area (Å²) in [6.07, 6.45) is 1.53. The lowest BCUT2D eigenvalue weighted by Gasteiger charge is -2.20. The lowest BCUT2D eigenvalue weighted by molar-refractivity contribution is 0.214. The van der Waals surface area contributed by atoms with Crippen molar-refractivity contribution in [2.45, 2.75) is 19.8 Å². The third-order valence-electron chi connectivity index (χ3n) is 4.64. The van der Waals surface area contributed by atoms with Crippen LogP contribution in [0.1, 0.15) is 24.6 Å². The van der Waals surface area contributed by atoms with Gasteiger partial charge in [0.1, 0.15) is 12.4 Å². The number of rotatable bonds is 9. The Bertz CT molecular complexity index is 907. The Kier molecular flexibility index (Phi) is 7.38. The summed E-state index contributed by atoms with van der Waals surface area (Å²) in [5.41, 5.74) is 0.813. The lowest BCUT2D eigenvalue weighted by atomic mass is 10.2. The molecule has 0 atom stereocenters. The average molecular weight is 370 g/mol. The van der Waals surface area contributed by atoms with E-state index in [-0.39, 0.29) is 11.2 Å². The molecule has 0 amide bonds. The van der Waals surface area contributed by atoms with Gasteiger partial charge in [0.15, 0.2) is 0 Å². The van der Waals surface area contributed by atoms with E-state index in [0.29, 0.717) is 18.6 Å². The molecule has 0 radical (unpaired) electrons. The van der Waals surface area contributed by atoms with E-state index in [2.05, 4.69) is 17.9 Å². The van der Waals surface area contributed by atoms with Crippen LogP contribution in [0.25, 0.3) is 0 Å². The first-order chi connectivity index (χ1) is 13.0. The molecule has 2 aromatic rings. The molecule has 7 heteroatoms. The lowest BCUT2D eigenvalue weighted by Crippen LogP contribution is -2.38. The molecular weight excluding hydrogens is 344 g/mol. The van der Waals surface area contributed by atoms with E-state index in [0.717, 1.165) is 42.1 Å². The van der Waals surface area contributed by atoms with Crippen LogP contribution in [0.2, 0.25) is 0 Å². The number of nitriles is 1. The van der Waals surface area contributed by atoms with Crippen LogP contribution in [0.5, 0.6) is 5.75 Å². The highest BCUT2D eigenvalue weighted by atomic mass is 16.5. The summed E-state index contributed by atoms with van der Waals surface area (Å²) in [7, 11) is 3.18. The molecule has 27 heavy (non-hydrogen) atoms. The number of aromatic nitrogens is 2. The molecule has 0 fully saturated rings. The molecule has 1 aromatic heterocycles. The molecule has 1 heterocycles. The standard InChI is InChI=1S/C20H26N4O3/c1-4-24(12-13-27-18-9-7-16(15-21)8-10-18)11-5-6-17-14-19(25)23(3)20(26)22(17)2/h7-10,14H,4-6,11-13H2,1-3H3. The number of hydrogen-bond acceptors (Lipinski definition) is 5. The van der Waals surface area contributed by atoms with Crippen molar-refractivity contribution in [1.29, 1.82) is 5.26 Å². The Hall–Kier alpha value is -2.85. The van der Waals surface area contributed by atoms with Gasteiger partial charge in [0.2, 0.25) is 0 Å². The third kappa shape index (κ3) is 5.56. The quantitative estimate of drug-likeness (QED) is 0.664. The van der Waals surface area contributed by atoms with Crippen LogP contribution in [-0.2, 0) is 20.5 Å². The fourth-order valence-corrected chi connectivity index (χ4v) is 2.85. The molecule has 0 unspecified atom stereocenters. The molecule has 7 nitrogen and oxygen atoms in total. The van der Waals surface area contributed by atoms with Crippen molar-refractivity contribution in [2.75, 3.05) is 26.2 Å². The van der Waals surface area contributed by atoms with Crippen molar-refractivity contribution in [3.63, 3.8) is 0 Å². The van der Waals surface area contributed by atoms with Crippen molar-refractivity contribution < 1.29 is 4.74 Å². The molecule has 0 aliphatic rings. The number of benzene rings is 1. The minimum atomic E-state index is -0.291. The van der Waals surface area contributed by atoms with Gasteiger partial charge >= 0.3 is 5.69 Å². The van der Waals surface area contributed by atoms with Gasteiger partial charge in [-0.15, -0.1) is 0 Å². The van der Waals surface area contributed by atoms with Crippen molar-refractivity contribution in [3.05, 3.63) is 62.4 Å². The van der Waals surface area contributed by atoms with Crippen LogP contribution in [0.15, 0.2) is 39.9 Å². The molecule has 0 saturated heterocycles. The molecular formula is C20H26N4O3. The predicted octanol–water partition coefficient (Wildman–Crippen LogP) is 1.29. The van der Waals surface area contributed by atoms with Gasteiger partial charge in [-0.05, 0) is 50.2 Å². The van der Waals surface area contributed by atoms with Gasteiger partial charge in [0.05, 0.1) is 11.6 Å². The number of nitrogens with zero attached hydrogens (tertiary/aromatic N) is 4. The smallest absolute Gasteiger partial charge is 0.330 e. The van der Waals surface area contributed by atoms with Crippen molar-refractivity contribution >= 4 is 0 Å². The summed E-state index contributed by atoms with van der Waals surface area (Å²) in [6, 6.07) is 10.7. The topological polar surface area (TPSA) is 80.3 Å². The van der Waals surface area contributed by atoms with E-state index in [1.165, 1.54) is 17.7 Å². The van der Waals surface area contributed by atoms with Crippen molar-refractivity contribution in [3.8, 4) is 11.8 Å². The highest BCUT2D eigenvalue weighted by Crippen LogP contribution is 2.11. The second-order valence-corrected chi connectivity index (χ2v) is 6.40. The van der Waals surface area contributed by atoms with E-state index < -0.39 is 0 Å². The molecule has 1 aromatic carbocycles. The van der Waals surface area contributed by atoms with Crippen molar-refractivity contribution in [1.82, 2.24) is 14.0 Å². The number of likely N-dealkylation sites (N-methyl/N-ethyl adjacent to an activating group) is 1. The Labute approximate surface area is 159 Å². The van der Waals surface area contributed by atoms with Crippen LogP contribution < -0.4 is 16.0 Å². The third-order valence-corrected chi connectivity index (χ3v) is 4.64. The van der Waals surface area contributed by atoms with Gasteiger partial charge in [-0.3, -0.25) is 9.36 Å². The number of hydrogen-bond donors (Lipinski definition) is 0. The Balaban J connectivity index is 1.81. The summed E-state index contributed by atoms with van der Waals surface area (Å²) >= 11 is 0. The van der Waals surface area contributed by atoms with Crippen LogP contribution in [0, 0.1) is 11.3 Å². The first kappa shape index (κ1) is 20.5. The van der Waals surface area contributed by atoms with Crippen LogP contribution >= 0.6 is 0 Å². The zero-order valence-corrected chi connectivity index (χ0v) is 16.1. The summed E-state index contributed by atoms with van der Waals surface area (Å²) in [5.74, 6) is 0.750. The molecule has 144 valence electrons. The second kappa shape index (κ2) is 9.74. The summed E-state index contributed by atoms with van der Waals surface area (Å²) in [4.78, 5) is 26.0. The van der Waals surface area contributed by atoms with E-state index >= 15 is 0 Å². The van der Waals surface area contributed by atoms with Gasteiger partial charge in [0.25, 0.3) is 5.56 Å². The molecule has 0 aliphatic carbocycles. The fourth-order valence-electron chi connectivity index (χ4n) is 2.85. The highest BCUT2D eigenvalue weighted by Gasteiger charge is 2.08. The minimum Gasteiger partial charge on any atom is -0.492 e. The van der Waals surface area contributed by atoms with E-state index in [4.69, 9.17) is 10.00 Å². The van der Waals surface area contributed by atoms with Gasteiger partial charge in [-0.1, -0.05) is 6.92 Å². The van der Waals surface area contributed by atoms with Gasteiger partial charge in [0, 0.05) is 32.4 Å². The van der Waals surface area contributed by atoms with Gasteiger partial charge < -0.3 is 14.2 Å². The number of aryl methyl sites for hydroxylation is 1. The second-order valence-electron chi connectivity index (χ2n) is 6.40. The largest absolute Gasteiger partial charge is 0.492 e. The molecule has 0 aliphatic heterocycles. The Morgan fingerprint density at radius 3 is 2.44 bits per heavy atom. The van der Waals surface area contributed by atoms with Gasteiger partial charge in [-0.2, -0.15) is 5.26 Å². The van der Waals surface area contributed by atoms with E-state index in [1.54, 1.807) is 31.3 Å². The maximum absolute atomic E-state index is 12.0. The van der Waals surface area contributed by atoms with Crippen LogP contribution in [0.3, 0.4) is 0 Å². The number of ether oxygens (including phenoxy) is 1. The summed E-state index contributed by atoms with van der Waals surface area (Å²) < 4.78 is 8.37. The molecule has 0 spiro atoms. The maximum Gasteiger partial charge on any atom is 0.330 e. The highest BCUT2D eigenvalue weighted by molar-refractivity contribution is 5.34. The van der Waals surface area contributed by atoms with E-state index in [1.807, 2.05) is 0 Å². The average Bonchev–Trinajstić information content (AvgIpc) is 2.69. The normalized spacial score (nSPS) is 10.8. The van der Waals surface area contributed by atoms with Crippen LogP contribution in [-0.4, -0.2) is 40.3 Å².